The first-order valence-electron chi connectivity index (χ1n) is 9.71. The fourth-order valence-corrected chi connectivity index (χ4v) is 3.85. The van der Waals surface area contributed by atoms with E-state index in [2.05, 4.69) is 15.5 Å². The Bertz CT molecular complexity index is 1360. The van der Waals surface area contributed by atoms with Crippen LogP contribution >= 0.6 is 11.6 Å². The zero-order valence-corrected chi connectivity index (χ0v) is 19.5. The van der Waals surface area contributed by atoms with E-state index in [1.54, 1.807) is 24.3 Å². The van der Waals surface area contributed by atoms with Gasteiger partial charge in [0.05, 0.1) is 4.90 Å². The van der Waals surface area contributed by atoms with Crippen molar-refractivity contribution in [3.8, 4) is 11.4 Å². The van der Waals surface area contributed by atoms with Gasteiger partial charge in [0.2, 0.25) is 5.82 Å². The molecule has 3 aromatic rings. The van der Waals surface area contributed by atoms with Gasteiger partial charge in [-0.2, -0.15) is 4.98 Å². The second-order valence-electron chi connectivity index (χ2n) is 7.46. The molecule has 0 saturated heterocycles. The third-order valence-electron chi connectivity index (χ3n) is 4.66. The second-order valence-corrected chi connectivity index (χ2v) is 9.85. The third kappa shape index (κ3) is 5.47. The molecule has 0 radical (unpaired) electrons. The number of sulfone groups is 1. The van der Waals surface area contributed by atoms with E-state index in [1.165, 1.54) is 12.1 Å². The Morgan fingerprint density at radius 2 is 1.88 bits per heavy atom. The fourth-order valence-electron chi connectivity index (χ4n) is 2.98. The third-order valence-corrected chi connectivity index (χ3v) is 6.14. The maximum atomic E-state index is 11.9. The first kappa shape index (κ1) is 24.1. The van der Waals surface area contributed by atoms with Crippen molar-refractivity contribution in [2.75, 3.05) is 11.6 Å². The van der Waals surface area contributed by atoms with Gasteiger partial charge in [0.1, 0.15) is 10.7 Å². The Labute approximate surface area is 195 Å². The van der Waals surface area contributed by atoms with Crippen LogP contribution in [0.5, 0.6) is 0 Å². The summed E-state index contributed by atoms with van der Waals surface area (Å²) in [7, 11) is -3.45. The standard InChI is InChI=1S/C22H21ClN4O5S/c1-12(2)15-9-4-5-10-16(15)25-19(17(23)18(24)22(28)29)21-26-20(27-32-21)13-7-6-8-14(11-13)33(3,30)31/h4-12,24-25H,1-3H3,(H,28,29)/b19-17+,24-18?. The zero-order valence-electron chi connectivity index (χ0n) is 18.0. The lowest BCUT2D eigenvalue weighted by Crippen LogP contribution is -2.15. The van der Waals surface area contributed by atoms with E-state index in [4.69, 9.17) is 21.5 Å². The molecule has 2 aromatic carbocycles. The molecule has 9 nitrogen and oxygen atoms in total. The number of aliphatic carboxylic acids is 1. The second kappa shape index (κ2) is 9.55. The van der Waals surface area contributed by atoms with Crippen LogP contribution in [-0.4, -0.2) is 41.6 Å². The topological polar surface area (TPSA) is 146 Å². The molecule has 0 atom stereocenters. The van der Waals surface area contributed by atoms with Crippen molar-refractivity contribution in [1.29, 1.82) is 5.41 Å². The van der Waals surface area contributed by atoms with Crippen molar-refractivity contribution in [1.82, 2.24) is 10.1 Å². The SMILES string of the molecule is CC(C)c1ccccc1N/C(=C(/Cl)C(=N)C(=O)O)c1nc(-c2cccc(S(C)(=O)=O)c2)no1. The minimum absolute atomic E-state index is 0.0600. The molecule has 0 saturated carbocycles. The summed E-state index contributed by atoms with van der Waals surface area (Å²) in [4.78, 5) is 15.7. The number of hydrogen-bond acceptors (Lipinski definition) is 8. The zero-order chi connectivity index (χ0) is 24.3. The van der Waals surface area contributed by atoms with Gasteiger partial charge in [0.15, 0.2) is 15.5 Å². The lowest BCUT2D eigenvalue weighted by Gasteiger charge is -2.16. The fraction of sp³-hybridized carbons (Fsp3) is 0.182. The molecule has 1 heterocycles. The predicted molar refractivity (Wildman–Crippen MR) is 125 cm³/mol. The Morgan fingerprint density at radius 1 is 1.18 bits per heavy atom. The summed E-state index contributed by atoms with van der Waals surface area (Å²) < 4.78 is 29.1. The van der Waals surface area contributed by atoms with Crippen LogP contribution in [-0.2, 0) is 14.6 Å². The van der Waals surface area contributed by atoms with E-state index < -0.39 is 26.6 Å². The number of aromatic nitrogens is 2. The number of carbonyl (C=O) groups is 1. The smallest absolute Gasteiger partial charge is 0.355 e. The van der Waals surface area contributed by atoms with Crippen molar-refractivity contribution in [3.05, 3.63) is 65.0 Å². The molecule has 3 rings (SSSR count). The number of anilines is 1. The number of carboxylic acids is 1. The lowest BCUT2D eigenvalue weighted by molar-refractivity contribution is -0.129. The van der Waals surface area contributed by atoms with Gasteiger partial charge in [-0.15, -0.1) is 0 Å². The summed E-state index contributed by atoms with van der Waals surface area (Å²) in [5, 5.41) is 23.6. The number of carboxylic acid groups (broad SMARTS) is 1. The highest BCUT2D eigenvalue weighted by Gasteiger charge is 2.24. The summed E-state index contributed by atoms with van der Waals surface area (Å²) in [6.45, 7) is 3.98. The highest BCUT2D eigenvalue weighted by Crippen LogP contribution is 2.30. The van der Waals surface area contributed by atoms with Crippen LogP contribution in [0.25, 0.3) is 17.1 Å². The predicted octanol–water partition coefficient (Wildman–Crippen LogP) is 4.39. The molecule has 0 aliphatic rings. The van der Waals surface area contributed by atoms with E-state index in [-0.39, 0.29) is 28.2 Å². The summed E-state index contributed by atoms with van der Waals surface area (Å²) in [6.07, 6.45) is 1.09. The van der Waals surface area contributed by atoms with Gasteiger partial charge in [-0.1, -0.05) is 60.9 Å². The summed E-state index contributed by atoms with van der Waals surface area (Å²) >= 11 is 6.25. The summed E-state index contributed by atoms with van der Waals surface area (Å²) in [6, 6.07) is 13.3. The number of hydrogen-bond donors (Lipinski definition) is 3. The van der Waals surface area contributed by atoms with Gasteiger partial charge < -0.3 is 14.9 Å². The molecule has 0 aliphatic carbocycles. The lowest BCUT2D eigenvalue weighted by atomic mass is 10.0. The van der Waals surface area contributed by atoms with Crippen LogP contribution in [0, 0.1) is 5.41 Å². The van der Waals surface area contributed by atoms with Crippen LogP contribution in [0.4, 0.5) is 5.69 Å². The molecule has 0 unspecified atom stereocenters. The van der Waals surface area contributed by atoms with Gasteiger partial charge in [-0.3, -0.25) is 5.41 Å². The van der Waals surface area contributed by atoms with Crippen LogP contribution in [0.3, 0.4) is 0 Å². The average Bonchev–Trinajstić information content (AvgIpc) is 3.26. The minimum atomic E-state index is -3.45. The number of benzene rings is 2. The minimum Gasteiger partial charge on any atom is -0.476 e. The molecule has 0 bridgehead atoms. The van der Waals surface area contributed by atoms with Crippen LogP contribution in [0.1, 0.15) is 31.2 Å². The molecular weight excluding hydrogens is 468 g/mol. The molecular formula is C22H21ClN4O5S. The summed E-state index contributed by atoms with van der Waals surface area (Å²) in [5.74, 6) is -1.50. The van der Waals surface area contributed by atoms with Gasteiger partial charge >= 0.3 is 5.97 Å². The molecule has 0 fully saturated rings. The number of nitrogens with zero attached hydrogens (tertiary/aromatic N) is 2. The Hall–Kier alpha value is -3.50. The van der Waals surface area contributed by atoms with Gasteiger partial charge in [-0.05, 0) is 29.7 Å². The molecule has 0 aliphatic heterocycles. The molecule has 172 valence electrons. The first-order valence-corrected chi connectivity index (χ1v) is 12.0. The van der Waals surface area contributed by atoms with Gasteiger partial charge in [0.25, 0.3) is 5.89 Å². The van der Waals surface area contributed by atoms with Crippen LogP contribution in [0.15, 0.2) is 63.0 Å². The average molecular weight is 489 g/mol. The van der Waals surface area contributed by atoms with Crippen molar-refractivity contribution in [3.63, 3.8) is 0 Å². The van der Waals surface area contributed by atoms with Crippen LogP contribution in [0.2, 0.25) is 0 Å². The largest absolute Gasteiger partial charge is 0.476 e. The van der Waals surface area contributed by atoms with E-state index in [0.29, 0.717) is 11.3 Å². The Balaban J connectivity index is 2.11. The Morgan fingerprint density at radius 3 is 2.52 bits per heavy atom. The first-order chi connectivity index (χ1) is 15.5. The van der Waals surface area contributed by atoms with E-state index in [0.717, 1.165) is 11.8 Å². The number of para-hydroxylation sites is 1. The maximum Gasteiger partial charge on any atom is 0.355 e. The van der Waals surface area contributed by atoms with E-state index >= 15 is 0 Å². The highest BCUT2D eigenvalue weighted by atomic mass is 35.5. The summed E-state index contributed by atoms with van der Waals surface area (Å²) in [5.41, 5.74) is 0.995. The van der Waals surface area contributed by atoms with Crippen molar-refractivity contribution in [2.24, 2.45) is 0 Å². The van der Waals surface area contributed by atoms with E-state index in [9.17, 15) is 18.3 Å². The van der Waals surface area contributed by atoms with Crippen LogP contribution < -0.4 is 5.32 Å². The van der Waals surface area contributed by atoms with Crippen molar-refractivity contribution < 1.29 is 22.8 Å². The van der Waals surface area contributed by atoms with Gasteiger partial charge in [-0.25, -0.2) is 13.2 Å². The molecule has 33 heavy (non-hydrogen) atoms. The number of rotatable bonds is 8. The molecule has 0 amide bonds. The van der Waals surface area contributed by atoms with Crippen molar-refractivity contribution in [2.45, 2.75) is 24.7 Å². The maximum absolute atomic E-state index is 11.9. The van der Waals surface area contributed by atoms with Gasteiger partial charge in [0, 0.05) is 17.5 Å². The molecule has 11 heteroatoms. The quantitative estimate of drug-likeness (QED) is 0.395. The highest BCUT2D eigenvalue weighted by molar-refractivity contribution is 7.90. The Kier molecular flexibility index (Phi) is 6.99. The van der Waals surface area contributed by atoms with Crippen molar-refractivity contribution >= 4 is 44.5 Å². The van der Waals surface area contributed by atoms with E-state index in [1.807, 2.05) is 26.0 Å². The molecule has 1 aromatic heterocycles. The molecule has 3 N–H and O–H groups in total. The number of halogens is 1. The molecule has 0 spiro atoms. The normalized spacial score (nSPS) is 12.4. The monoisotopic (exact) mass is 488 g/mol. The number of nitrogens with one attached hydrogen (secondary N) is 2.